The van der Waals surface area contributed by atoms with Crippen molar-refractivity contribution in [2.45, 2.75) is 32.0 Å². The smallest absolute Gasteiger partial charge is 0.417 e. The SMILES string of the molecule is CC(OC(=O)C1CCN(c2ccc(C(F)(F)F)cn2)CC1)C(=O)Nc1ccc2c(c1)OCCO2. The van der Waals surface area contributed by atoms with E-state index in [2.05, 4.69) is 10.3 Å². The molecule has 0 saturated carbocycles. The Balaban J connectivity index is 1.26. The van der Waals surface area contributed by atoms with E-state index < -0.39 is 35.6 Å². The zero-order valence-electron chi connectivity index (χ0n) is 18.4. The molecule has 1 amide bonds. The third-order valence-corrected chi connectivity index (χ3v) is 5.70. The Hall–Kier alpha value is -3.50. The van der Waals surface area contributed by atoms with Gasteiger partial charge in [0.2, 0.25) is 0 Å². The van der Waals surface area contributed by atoms with Crippen LogP contribution in [0.5, 0.6) is 11.5 Å². The number of anilines is 2. The summed E-state index contributed by atoms with van der Waals surface area (Å²) in [5.41, 5.74) is -0.312. The highest BCUT2D eigenvalue weighted by Gasteiger charge is 2.32. The predicted molar refractivity (Wildman–Crippen MR) is 116 cm³/mol. The first-order valence-corrected chi connectivity index (χ1v) is 10.9. The lowest BCUT2D eigenvalue weighted by Gasteiger charge is -2.32. The van der Waals surface area contributed by atoms with Crippen LogP contribution in [-0.4, -0.2) is 49.3 Å². The maximum atomic E-state index is 12.7. The van der Waals surface area contributed by atoms with Crippen LogP contribution in [0.3, 0.4) is 0 Å². The number of halogens is 3. The number of nitrogens with one attached hydrogen (secondary N) is 1. The second-order valence-electron chi connectivity index (χ2n) is 8.09. The number of fused-ring (bicyclic) bond motifs is 1. The zero-order chi connectivity index (χ0) is 24.3. The van der Waals surface area contributed by atoms with Gasteiger partial charge in [-0.1, -0.05) is 0 Å². The van der Waals surface area contributed by atoms with Crippen molar-refractivity contribution < 1.29 is 37.0 Å². The van der Waals surface area contributed by atoms with Crippen molar-refractivity contribution in [2.75, 3.05) is 36.5 Å². The van der Waals surface area contributed by atoms with Crippen molar-refractivity contribution in [3.05, 3.63) is 42.1 Å². The summed E-state index contributed by atoms with van der Waals surface area (Å²) in [7, 11) is 0. The van der Waals surface area contributed by atoms with E-state index in [0.29, 0.717) is 62.1 Å². The van der Waals surface area contributed by atoms with Crippen LogP contribution in [0.15, 0.2) is 36.5 Å². The van der Waals surface area contributed by atoms with E-state index in [4.69, 9.17) is 14.2 Å². The third-order valence-electron chi connectivity index (χ3n) is 5.70. The molecule has 8 nitrogen and oxygen atoms in total. The first kappa shape index (κ1) is 23.7. The number of alkyl halides is 3. The highest BCUT2D eigenvalue weighted by molar-refractivity contribution is 5.95. The largest absolute Gasteiger partial charge is 0.486 e. The van der Waals surface area contributed by atoms with E-state index in [0.717, 1.165) is 12.3 Å². The molecular formula is C23H24F3N3O5. The number of benzene rings is 1. The van der Waals surface area contributed by atoms with Gasteiger partial charge in [0.1, 0.15) is 19.0 Å². The Morgan fingerprint density at radius 1 is 1.12 bits per heavy atom. The number of nitrogens with zero attached hydrogens (tertiary/aromatic N) is 2. The molecule has 2 aliphatic rings. The molecule has 1 saturated heterocycles. The van der Waals surface area contributed by atoms with Gasteiger partial charge in [0.25, 0.3) is 5.91 Å². The Morgan fingerprint density at radius 2 is 1.82 bits per heavy atom. The molecule has 1 aromatic carbocycles. The molecule has 0 aliphatic carbocycles. The molecule has 34 heavy (non-hydrogen) atoms. The highest BCUT2D eigenvalue weighted by Crippen LogP contribution is 2.33. The van der Waals surface area contributed by atoms with E-state index in [-0.39, 0.29) is 0 Å². The summed E-state index contributed by atoms with van der Waals surface area (Å²) >= 11 is 0. The molecule has 0 radical (unpaired) electrons. The topological polar surface area (TPSA) is 90.0 Å². The number of ether oxygens (including phenoxy) is 3. The van der Waals surface area contributed by atoms with Crippen LogP contribution >= 0.6 is 0 Å². The Bertz CT molecular complexity index is 1040. The van der Waals surface area contributed by atoms with Crippen LogP contribution in [0.2, 0.25) is 0 Å². The summed E-state index contributed by atoms with van der Waals surface area (Å²) in [4.78, 5) is 30.8. The van der Waals surface area contributed by atoms with E-state index in [1.165, 1.54) is 13.0 Å². The predicted octanol–water partition coefficient (Wildman–Crippen LogP) is 3.66. The summed E-state index contributed by atoms with van der Waals surface area (Å²) in [6.07, 6.45) is -3.75. The number of amides is 1. The number of esters is 1. The number of aromatic nitrogens is 1. The number of pyridine rings is 1. The van der Waals surface area contributed by atoms with Crippen LogP contribution in [0.4, 0.5) is 24.7 Å². The highest BCUT2D eigenvalue weighted by atomic mass is 19.4. The lowest BCUT2D eigenvalue weighted by atomic mass is 9.97. The minimum absolute atomic E-state index is 0.407. The Morgan fingerprint density at radius 3 is 2.47 bits per heavy atom. The number of piperidine rings is 1. The Kier molecular flexibility index (Phi) is 6.80. The van der Waals surface area contributed by atoms with Gasteiger partial charge in [-0.3, -0.25) is 9.59 Å². The number of rotatable bonds is 5. The van der Waals surface area contributed by atoms with Crippen molar-refractivity contribution in [1.82, 2.24) is 4.98 Å². The maximum absolute atomic E-state index is 12.7. The quantitative estimate of drug-likeness (QED) is 0.655. The van der Waals surface area contributed by atoms with Gasteiger partial charge in [0, 0.05) is 31.0 Å². The number of hydrogen-bond donors (Lipinski definition) is 1. The molecule has 4 rings (SSSR count). The molecule has 3 heterocycles. The van der Waals surface area contributed by atoms with Gasteiger partial charge in [0.05, 0.1) is 11.5 Å². The molecule has 1 unspecified atom stereocenters. The van der Waals surface area contributed by atoms with Crippen molar-refractivity contribution >= 4 is 23.4 Å². The standard InChI is InChI=1S/C23H24F3N3O5/c1-14(21(30)28-17-3-4-18-19(12-17)33-11-10-32-18)34-22(31)15-6-8-29(9-7-15)20-5-2-16(13-27-20)23(24,25)26/h2-5,12-15H,6-11H2,1H3,(H,28,30). The molecule has 182 valence electrons. The van der Waals surface area contributed by atoms with Crippen molar-refractivity contribution in [3.8, 4) is 11.5 Å². The van der Waals surface area contributed by atoms with Crippen LogP contribution in [0.25, 0.3) is 0 Å². The minimum Gasteiger partial charge on any atom is -0.486 e. The first-order chi connectivity index (χ1) is 16.2. The fourth-order valence-corrected chi connectivity index (χ4v) is 3.77. The second-order valence-corrected chi connectivity index (χ2v) is 8.09. The van der Waals surface area contributed by atoms with E-state index in [1.54, 1.807) is 18.2 Å². The monoisotopic (exact) mass is 479 g/mol. The molecule has 2 aliphatic heterocycles. The first-order valence-electron chi connectivity index (χ1n) is 10.9. The fraction of sp³-hybridized carbons (Fsp3) is 0.435. The van der Waals surface area contributed by atoms with Gasteiger partial charge in [-0.15, -0.1) is 0 Å². The van der Waals surface area contributed by atoms with E-state index >= 15 is 0 Å². The van der Waals surface area contributed by atoms with Crippen LogP contribution in [0.1, 0.15) is 25.3 Å². The molecule has 1 N–H and O–H groups in total. The summed E-state index contributed by atoms with van der Waals surface area (Å²) in [6.45, 7) is 3.26. The number of hydrogen-bond acceptors (Lipinski definition) is 7. The molecule has 1 fully saturated rings. The Labute approximate surface area is 194 Å². The average Bonchev–Trinajstić information content (AvgIpc) is 2.83. The molecule has 1 aromatic heterocycles. The normalized spacial score (nSPS) is 17.1. The molecule has 0 bridgehead atoms. The number of carbonyl (C=O) groups is 2. The van der Waals surface area contributed by atoms with Gasteiger partial charge >= 0.3 is 12.1 Å². The van der Waals surface area contributed by atoms with Gasteiger partial charge in [-0.25, -0.2) is 4.98 Å². The van der Waals surface area contributed by atoms with Crippen molar-refractivity contribution in [2.24, 2.45) is 5.92 Å². The van der Waals surface area contributed by atoms with Crippen LogP contribution in [-0.2, 0) is 20.5 Å². The molecule has 2 aromatic rings. The molecule has 11 heteroatoms. The van der Waals surface area contributed by atoms with E-state index in [1.807, 2.05) is 4.90 Å². The molecule has 1 atom stereocenters. The van der Waals surface area contributed by atoms with Gasteiger partial charge in [-0.05, 0) is 44.0 Å². The number of carbonyl (C=O) groups excluding carboxylic acids is 2. The van der Waals surface area contributed by atoms with Crippen LogP contribution < -0.4 is 19.7 Å². The molecule has 0 spiro atoms. The summed E-state index contributed by atoms with van der Waals surface area (Å²) in [6, 6.07) is 7.33. The second kappa shape index (κ2) is 9.78. The third kappa shape index (κ3) is 5.52. The van der Waals surface area contributed by atoms with Gasteiger partial charge in [0.15, 0.2) is 17.6 Å². The summed E-state index contributed by atoms with van der Waals surface area (Å²) < 4.78 is 54.4. The maximum Gasteiger partial charge on any atom is 0.417 e. The lowest BCUT2D eigenvalue weighted by Crippen LogP contribution is -2.39. The average molecular weight is 479 g/mol. The lowest BCUT2D eigenvalue weighted by molar-refractivity contribution is -0.158. The van der Waals surface area contributed by atoms with Gasteiger partial charge in [-0.2, -0.15) is 13.2 Å². The fourth-order valence-electron chi connectivity index (χ4n) is 3.77. The summed E-state index contributed by atoms with van der Waals surface area (Å²) in [5.74, 6) is 0.188. The van der Waals surface area contributed by atoms with Crippen LogP contribution in [0, 0.1) is 5.92 Å². The van der Waals surface area contributed by atoms with Gasteiger partial charge < -0.3 is 24.4 Å². The van der Waals surface area contributed by atoms with Crippen molar-refractivity contribution in [3.63, 3.8) is 0 Å². The minimum atomic E-state index is -4.44. The molecular weight excluding hydrogens is 455 g/mol. The van der Waals surface area contributed by atoms with E-state index in [9.17, 15) is 22.8 Å². The zero-order valence-corrected chi connectivity index (χ0v) is 18.4. The summed E-state index contributed by atoms with van der Waals surface area (Å²) in [5, 5.41) is 2.70. The van der Waals surface area contributed by atoms with Crippen molar-refractivity contribution in [1.29, 1.82) is 0 Å².